The first kappa shape index (κ1) is 18.2. The molecule has 146 valence electrons. The molecule has 0 radical (unpaired) electrons. The highest BCUT2D eigenvalue weighted by Crippen LogP contribution is 2.32. The van der Waals surface area contributed by atoms with E-state index in [-0.39, 0.29) is 6.03 Å². The molecule has 4 rings (SSSR count). The maximum absolute atomic E-state index is 12.2. The second-order valence-corrected chi connectivity index (χ2v) is 6.71. The van der Waals surface area contributed by atoms with Crippen LogP contribution in [-0.2, 0) is 13.0 Å². The van der Waals surface area contributed by atoms with Crippen molar-refractivity contribution in [2.75, 3.05) is 25.1 Å². The summed E-state index contributed by atoms with van der Waals surface area (Å²) in [6.07, 6.45) is 5.75. The number of carbonyl (C=O) groups is 1. The molecule has 2 aromatic heterocycles. The Hall–Kier alpha value is -3.22. The summed E-state index contributed by atoms with van der Waals surface area (Å²) in [5, 5.41) is 6.90. The van der Waals surface area contributed by atoms with Gasteiger partial charge in [-0.2, -0.15) is 0 Å². The van der Waals surface area contributed by atoms with Crippen LogP contribution in [0.1, 0.15) is 18.9 Å². The molecule has 3 heterocycles. The summed E-state index contributed by atoms with van der Waals surface area (Å²) in [5.74, 6) is 1.36. The van der Waals surface area contributed by atoms with Crippen LogP contribution in [-0.4, -0.2) is 35.3 Å². The van der Waals surface area contributed by atoms with Crippen LogP contribution in [0.25, 0.3) is 11.0 Å². The first-order valence-electron chi connectivity index (χ1n) is 9.62. The highest BCUT2D eigenvalue weighted by Gasteiger charge is 2.13. The van der Waals surface area contributed by atoms with Crippen LogP contribution in [0.2, 0.25) is 0 Å². The Balaban J connectivity index is 1.35. The van der Waals surface area contributed by atoms with Gasteiger partial charge in [-0.1, -0.05) is 6.92 Å². The number of nitrogens with one attached hydrogen (secondary N) is 2. The minimum Gasteiger partial charge on any atom is -0.486 e. The van der Waals surface area contributed by atoms with Crippen LogP contribution in [0.4, 0.5) is 10.5 Å². The molecule has 7 nitrogen and oxygen atoms in total. The van der Waals surface area contributed by atoms with Gasteiger partial charge in [-0.05, 0) is 42.7 Å². The molecule has 0 spiro atoms. The van der Waals surface area contributed by atoms with E-state index in [4.69, 9.17) is 9.47 Å². The molecule has 0 bridgehead atoms. The molecule has 0 unspecified atom stereocenters. The second kappa shape index (κ2) is 8.21. The molecule has 0 fully saturated rings. The number of ether oxygens (including phenoxy) is 2. The van der Waals surface area contributed by atoms with Crippen LogP contribution < -0.4 is 20.1 Å². The zero-order valence-corrected chi connectivity index (χ0v) is 15.9. The summed E-state index contributed by atoms with van der Waals surface area (Å²) in [4.78, 5) is 16.7. The van der Waals surface area contributed by atoms with Gasteiger partial charge in [0.1, 0.15) is 18.9 Å². The Labute approximate surface area is 163 Å². The van der Waals surface area contributed by atoms with Crippen molar-refractivity contribution in [3.05, 3.63) is 48.3 Å². The fourth-order valence-electron chi connectivity index (χ4n) is 3.41. The number of nitrogens with zero attached hydrogens (tertiary/aromatic N) is 2. The molecule has 7 heteroatoms. The summed E-state index contributed by atoms with van der Waals surface area (Å²) in [6.45, 7) is 4.69. The maximum Gasteiger partial charge on any atom is 0.319 e. The standard InChI is InChI=1S/C21H24N4O3/c1-2-10-25-14-15(17-4-3-8-22-20(17)25)7-9-23-21(26)24-16-5-6-18-19(13-16)28-12-11-27-18/h3-6,8,13-14H,2,7,9-12H2,1H3,(H2,23,24,26). The van der Waals surface area contributed by atoms with E-state index in [0.717, 1.165) is 30.4 Å². The van der Waals surface area contributed by atoms with Crippen molar-refractivity contribution >= 4 is 22.8 Å². The van der Waals surface area contributed by atoms with Gasteiger partial charge in [0.25, 0.3) is 0 Å². The van der Waals surface area contributed by atoms with Gasteiger partial charge in [0.05, 0.1) is 0 Å². The molecular formula is C21H24N4O3. The number of rotatable bonds is 6. The summed E-state index contributed by atoms with van der Waals surface area (Å²) >= 11 is 0. The predicted molar refractivity (Wildman–Crippen MR) is 108 cm³/mol. The monoisotopic (exact) mass is 380 g/mol. The number of fused-ring (bicyclic) bond motifs is 2. The Morgan fingerprint density at radius 2 is 2.07 bits per heavy atom. The van der Waals surface area contributed by atoms with E-state index >= 15 is 0 Å². The molecule has 2 amide bonds. The number of hydrogen-bond donors (Lipinski definition) is 2. The number of carbonyl (C=O) groups excluding carboxylic acids is 1. The lowest BCUT2D eigenvalue weighted by Gasteiger charge is -2.19. The van der Waals surface area contributed by atoms with Crippen molar-refractivity contribution < 1.29 is 14.3 Å². The van der Waals surface area contributed by atoms with Gasteiger partial charge >= 0.3 is 6.03 Å². The Morgan fingerprint density at radius 1 is 1.21 bits per heavy atom. The minimum absolute atomic E-state index is 0.243. The quantitative estimate of drug-likeness (QED) is 0.685. The van der Waals surface area contributed by atoms with E-state index in [2.05, 4.69) is 39.4 Å². The molecule has 3 aromatic rings. The third kappa shape index (κ3) is 3.88. The summed E-state index contributed by atoms with van der Waals surface area (Å²) in [6, 6.07) is 9.17. The molecule has 0 aliphatic carbocycles. The SMILES string of the molecule is CCCn1cc(CCNC(=O)Nc2ccc3c(c2)OCCO3)c2cccnc21. The van der Waals surface area contributed by atoms with E-state index in [1.165, 1.54) is 5.56 Å². The van der Waals surface area contributed by atoms with E-state index in [0.29, 0.717) is 36.9 Å². The summed E-state index contributed by atoms with van der Waals surface area (Å²) in [7, 11) is 0. The molecule has 28 heavy (non-hydrogen) atoms. The maximum atomic E-state index is 12.2. The largest absolute Gasteiger partial charge is 0.486 e. The first-order valence-corrected chi connectivity index (χ1v) is 9.62. The lowest BCUT2D eigenvalue weighted by atomic mass is 10.1. The third-order valence-electron chi connectivity index (χ3n) is 4.66. The molecule has 0 saturated carbocycles. The van der Waals surface area contributed by atoms with E-state index in [1.54, 1.807) is 18.2 Å². The number of aromatic nitrogens is 2. The number of benzene rings is 1. The Morgan fingerprint density at radius 3 is 2.93 bits per heavy atom. The van der Waals surface area contributed by atoms with Crippen LogP contribution in [0, 0.1) is 0 Å². The van der Waals surface area contributed by atoms with E-state index < -0.39 is 0 Å². The molecule has 1 aliphatic heterocycles. The van der Waals surface area contributed by atoms with E-state index in [1.807, 2.05) is 12.3 Å². The van der Waals surface area contributed by atoms with Gasteiger partial charge in [0.2, 0.25) is 0 Å². The topological polar surface area (TPSA) is 77.4 Å². The van der Waals surface area contributed by atoms with Crippen LogP contribution >= 0.6 is 0 Å². The average molecular weight is 380 g/mol. The fraction of sp³-hybridized carbons (Fsp3) is 0.333. The zero-order valence-electron chi connectivity index (χ0n) is 15.9. The lowest BCUT2D eigenvalue weighted by molar-refractivity contribution is 0.171. The Bertz CT molecular complexity index is 983. The summed E-state index contributed by atoms with van der Waals surface area (Å²) in [5.41, 5.74) is 2.86. The normalized spacial score (nSPS) is 12.8. The van der Waals surface area contributed by atoms with Gasteiger partial charge in [0.15, 0.2) is 11.5 Å². The minimum atomic E-state index is -0.243. The van der Waals surface area contributed by atoms with Crippen LogP contribution in [0.5, 0.6) is 11.5 Å². The zero-order chi connectivity index (χ0) is 19.3. The molecule has 2 N–H and O–H groups in total. The molecule has 0 atom stereocenters. The van der Waals surface area contributed by atoms with Crippen molar-refractivity contribution in [2.24, 2.45) is 0 Å². The van der Waals surface area contributed by atoms with Crippen molar-refractivity contribution in [1.82, 2.24) is 14.9 Å². The van der Waals surface area contributed by atoms with Gasteiger partial charge in [-0.15, -0.1) is 0 Å². The number of hydrogen-bond acceptors (Lipinski definition) is 4. The number of aryl methyl sites for hydroxylation is 1. The number of amides is 2. The average Bonchev–Trinajstić information content (AvgIpc) is 3.06. The summed E-state index contributed by atoms with van der Waals surface area (Å²) < 4.78 is 13.2. The molecule has 0 saturated heterocycles. The van der Waals surface area contributed by atoms with Crippen LogP contribution in [0.3, 0.4) is 0 Å². The molecule has 1 aromatic carbocycles. The van der Waals surface area contributed by atoms with Crippen molar-refractivity contribution in [3.63, 3.8) is 0 Å². The third-order valence-corrected chi connectivity index (χ3v) is 4.66. The highest BCUT2D eigenvalue weighted by molar-refractivity contribution is 5.89. The van der Waals surface area contributed by atoms with Crippen molar-refractivity contribution in [2.45, 2.75) is 26.3 Å². The van der Waals surface area contributed by atoms with Crippen molar-refractivity contribution in [3.8, 4) is 11.5 Å². The Kier molecular flexibility index (Phi) is 5.32. The smallest absolute Gasteiger partial charge is 0.319 e. The predicted octanol–water partition coefficient (Wildman–Crippen LogP) is 3.58. The van der Waals surface area contributed by atoms with Gasteiger partial charge in [0, 0.05) is 42.6 Å². The second-order valence-electron chi connectivity index (χ2n) is 6.71. The van der Waals surface area contributed by atoms with Crippen LogP contribution in [0.15, 0.2) is 42.7 Å². The first-order chi connectivity index (χ1) is 13.7. The van der Waals surface area contributed by atoms with Gasteiger partial charge < -0.3 is 24.7 Å². The number of urea groups is 1. The van der Waals surface area contributed by atoms with Crippen molar-refractivity contribution in [1.29, 1.82) is 0 Å². The fourth-order valence-corrected chi connectivity index (χ4v) is 3.41. The molecule has 1 aliphatic rings. The van der Waals surface area contributed by atoms with Gasteiger partial charge in [-0.25, -0.2) is 9.78 Å². The molecular weight excluding hydrogens is 356 g/mol. The van der Waals surface area contributed by atoms with Gasteiger partial charge in [-0.3, -0.25) is 0 Å². The van der Waals surface area contributed by atoms with E-state index in [9.17, 15) is 4.79 Å². The highest BCUT2D eigenvalue weighted by atomic mass is 16.6. The number of anilines is 1. The lowest BCUT2D eigenvalue weighted by Crippen LogP contribution is -2.30. The number of pyridine rings is 1.